The topological polar surface area (TPSA) is 80.0 Å². The average Bonchev–Trinajstić information content (AvgIpc) is 3.17. The third-order valence-electron chi connectivity index (χ3n) is 4.45. The second-order valence-electron chi connectivity index (χ2n) is 6.18. The highest BCUT2D eigenvalue weighted by Gasteiger charge is 2.21. The monoisotopic (exact) mass is 354 g/mol. The van der Waals surface area contributed by atoms with E-state index in [1.54, 1.807) is 30.6 Å². The molecule has 0 unspecified atom stereocenters. The molecule has 1 saturated heterocycles. The normalized spacial score (nSPS) is 15.3. The zero-order valence-electron chi connectivity index (χ0n) is 14.2. The van der Waals surface area contributed by atoms with Crippen LogP contribution in [-0.2, 0) is 6.54 Å². The van der Waals surface area contributed by atoms with Crippen LogP contribution in [0.2, 0.25) is 0 Å². The third kappa shape index (κ3) is 3.70. The van der Waals surface area contributed by atoms with Gasteiger partial charge in [-0.15, -0.1) is 0 Å². The number of nitrogens with zero attached hydrogens (tertiary/aromatic N) is 5. The first-order valence-corrected chi connectivity index (χ1v) is 8.62. The van der Waals surface area contributed by atoms with Crippen LogP contribution in [0.3, 0.4) is 0 Å². The minimum Gasteiger partial charge on any atom is -0.341 e. The van der Waals surface area contributed by atoms with E-state index in [-0.39, 0.29) is 11.6 Å². The van der Waals surface area contributed by atoms with Gasteiger partial charge in [0.2, 0.25) is 17.7 Å². The number of piperidine rings is 1. The van der Waals surface area contributed by atoms with Gasteiger partial charge in [0.25, 0.3) is 0 Å². The molecule has 8 heteroatoms. The van der Waals surface area contributed by atoms with Gasteiger partial charge in [-0.25, -0.2) is 14.4 Å². The van der Waals surface area contributed by atoms with E-state index in [1.165, 1.54) is 6.07 Å². The maximum Gasteiger partial charge on any atom is 0.240 e. The Kier molecular flexibility index (Phi) is 4.83. The number of anilines is 1. The SMILES string of the molecule is Fc1ccccc1-c1noc(CNC2CCN(c3ncccn3)CC2)n1. The number of rotatable bonds is 5. The molecule has 3 heterocycles. The first-order valence-electron chi connectivity index (χ1n) is 8.62. The molecule has 3 aromatic rings. The predicted octanol–water partition coefficient (Wildman–Crippen LogP) is 2.42. The van der Waals surface area contributed by atoms with Gasteiger partial charge in [-0.2, -0.15) is 4.98 Å². The Balaban J connectivity index is 1.30. The van der Waals surface area contributed by atoms with Crippen molar-refractivity contribution in [2.24, 2.45) is 0 Å². The Bertz CT molecular complexity index is 848. The van der Waals surface area contributed by atoms with Gasteiger partial charge in [-0.05, 0) is 31.0 Å². The molecule has 134 valence electrons. The van der Waals surface area contributed by atoms with Crippen LogP contribution in [0, 0.1) is 5.82 Å². The lowest BCUT2D eigenvalue weighted by Crippen LogP contribution is -2.42. The van der Waals surface area contributed by atoms with Crippen LogP contribution in [0.4, 0.5) is 10.3 Å². The summed E-state index contributed by atoms with van der Waals surface area (Å²) in [7, 11) is 0. The zero-order chi connectivity index (χ0) is 17.8. The Morgan fingerprint density at radius 1 is 1.12 bits per heavy atom. The fraction of sp³-hybridized carbons (Fsp3) is 0.333. The van der Waals surface area contributed by atoms with E-state index in [4.69, 9.17) is 4.52 Å². The second kappa shape index (κ2) is 7.57. The van der Waals surface area contributed by atoms with E-state index in [2.05, 4.69) is 30.3 Å². The summed E-state index contributed by atoms with van der Waals surface area (Å²) < 4.78 is 19.0. The standard InChI is InChI=1S/C18H19FN6O/c19-15-5-2-1-4-14(15)17-23-16(26-24-17)12-22-13-6-10-25(11-7-13)18-20-8-3-9-21-18/h1-5,8-9,13,22H,6-7,10-12H2. The van der Waals surface area contributed by atoms with E-state index >= 15 is 0 Å². The predicted molar refractivity (Wildman–Crippen MR) is 93.8 cm³/mol. The molecule has 1 N–H and O–H groups in total. The first kappa shape index (κ1) is 16.6. The largest absolute Gasteiger partial charge is 0.341 e. The molecule has 0 radical (unpaired) electrons. The summed E-state index contributed by atoms with van der Waals surface area (Å²) in [5, 5.41) is 7.30. The Morgan fingerprint density at radius 2 is 1.88 bits per heavy atom. The molecule has 1 fully saturated rings. The lowest BCUT2D eigenvalue weighted by molar-refractivity contribution is 0.340. The molecule has 0 saturated carbocycles. The number of hydrogen-bond donors (Lipinski definition) is 1. The highest BCUT2D eigenvalue weighted by molar-refractivity contribution is 5.54. The van der Waals surface area contributed by atoms with Crippen LogP contribution in [0.5, 0.6) is 0 Å². The fourth-order valence-corrected chi connectivity index (χ4v) is 3.05. The Labute approximate surface area is 150 Å². The van der Waals surface area contributed by atoms with Gasteiger partial charge in [0.15, 0.2) is 0 Å². The van der Waals surface area contributed by atoms with Crippen molar-refractivity contribution in [3.8, 4) is 11.4 Å². The van der Waals surface area contributed by atoms with Crippen LogP contribution < -0.4 is 10.2 Å². The van der Waals surface area contributed by atoms with Gasteiger partial charge < -0.3 is 14.7 Å². The summed E-state index contributed by atoms with van der Waals surface area (Å²) in [4.78, 5) is 15.0. The van der Waals surface area contributed by atoms with Gasteiger partial charge in [0, 0.05) is 31.5 Å². The molecular formula is C18H19FN6O. The van der Waals surface area contributed by atoms with Crippen molar-refractivity contribution in [3.63, 3.8) is 0 Å². The highest BCUT2D eigenvalue weighted by Crippen LogP contribution is 2.20. The molecule has 0 bridgehead atoms. The van der Waals surface area contributed by atoms with Crippen LogP contribution in [0.15, 0.2) is 47.2 Å². The zero-order valence-corrected chi connectivity index (χ0v) is 14.2. The van der Waals surface area contributed by atoms with E-state index < -0.39 is 0 Å². The number of halogens is 1. The first-order chi connectivity index (χ1) is 12.8. The third-order valence-corrected chi connectivity index (χ3v) is 4.45. The van der Waals surface area contributed by atoms with Crippen LogP contribution in [0.25, 0.3) is 11.4 Å². The molecule has 1 aliphatic rings. The molecule has 0 aliphatic carbocycles. The molecule has 26 heavy (non-hydrogen) atoms. The smallest absolute Gasteiger partial charge is 0.240 e. The molecule has 7 nitrogen and oxygen atoms in total. The molecule has 4 rings (SSSR count). The molecular weight excluding hydrogens is 335 g/mol. The Morgan fingerprint density at radius 3 is 2.65 bits per heavy atom. The van der Waals surface area contributed by atoms with Gasteiger partial charge in [-0.3, -0.25) is 0 Å². The fourth-order valence-electron chi connectivity index (χ4n) is 3.05. The average molecular weight is 354 g/mol. The number of hydrogen-bond acceptors (Lipinski definition) is 7. The highest BCUT2D eigenvalue weighted by atomic mass is 19.1. The van der Waals surface area contributed by atoms with Crippen LogP contribution in [-0.4, -0.2) is 39.2 Å². The van der Waals surface area contributed by atoms with Crippen LogP contribution >= 0.6 is 0 Å². The van der Waals surface area contributed by atoms with E-state index in [9.17, 15) is 4.39 Å². The van der Waals surface area contributed by atoms with Gasteiger partial charge in [0.05, 0.1) is 12.1 Å². The van der Waals surface area contributed by atoms with Gasteiger partial charge >= 0.3 is 0 Å². The summed E-state index contributed by atoms with van der Waals surface area (Å²) >= 11 is 0. The van der Waals surface area contributed by atoms with Crippen molar-refractivity contribution in [3.05, 3.63) is 54.4 Å². The van der Waals surface area contributed by atoms with Crippen molar-refractivity contribution in [2.45, 2.75) is 25.4 Å². The van der Waals surface area contributed by atoms with Crippen molar-refractivity contribution >= 4 is 5.95 Å². The molecule has 2 aromatic heterocycles. The van der Waals surface area contributed by atoms with E-state index in [0.717, 1.165) is 31.9 Å². The summed E-state index contributed by atoms with van der Waals surface area (Å²) in [5.41, 5.74) is 0.346. The molecule has 0 amide bonds. The van der Waals surface area contributed by atoms with E-state index in [0.29, 0.717) is 24.0 Å². The molecule has 0 spiro atoms. The minimum absolute atomic E-state index is 0.274. The maximum absolute atomic E-state index is 13.8. The summed E-state index contributed by atoms with van der Waals surface area (Å²) in [6, 6.07) is 8.58. The number of benzene rings is 1. The molecule has 0 atom stereocenters. The second-order valence-corrected chi connectivity index (χ2v) is 6.18. The van der Waals surface area contributed by atoms with Crippen molar-refractivity contribution < 1.29 is 8.91 Å². The minimum atomic E-state index is -0.358. The van der Waals surface area contributed by atoms with Crippen molar-refractivity contribution in [2.75, 3.05) is 18.0 Å². The van der Waals surface area contributed by atoms with Crippen molar-refractivity contribution in [1.29, 1.82) is 0 Å². The van der Waals surface area contributed by atoms with Gasteiger partial charge in [-0.1, -0.05) is 17.3 Å². The van der Waals surface area contributed by atoms with Crippen LogP contribution in [0.1, 0.15) is 18.7 Å². The number of nitrogens with one attached hydrogen (secondary N) is 1. The van der Waals surface area contributed by atoms with Crippen molar-refractivity contribution in [1.82, 2.24) is 25.4 Å². The quantitative estimate of drug-likeness (QED) is 0.754. The Hall–Kier alpha value is -2.87. The molecule has 1 aliphatic heterocycles. The summed E-state index contributed by atoms with van der Waals surface area (Å²) in [6.07, 6.45) is 5.48. The number of aromatic nitrogens is 4. The maximum atomic E-state index is 13.8. The van der Waals surface area contributed by atoms with Gasteiger partial charge in [0.1, 0.15) is 5.82 Å². The lowest BCUT2D eigenvalue weighted by Gasteiger charge is -2.32. The molecule has 1 aromatic carbocycles. The van der Waals surface area contributed by atoms with E-state index in [1.807, 2.05) is 6.07 Å². The summed E-state index contributed by atoms with van der Waals surface area (Å²) in [5.74, 6) is 1.15. The lowest BCUT2D eigenvalue weighted by atomic mass is 10.1. The summed E-state index contributed by atoms with van der Waals surface area (Å²) in [6.45, 7) is 2.26.